The van der Waals surface area contributed by atoms with Crippen LogP contribution in [0.1, 0.15) is 126 Å². The van der Waals surface area contributed by atoms with E-state index in [0.29, 0.717) is 0 Å². The van der Waals surface area contributed by atoms with Crippen LogP contribution >= 0.6 is 0 Å². The summed E-state index contributed by atoms with van der Waals surface area (Å²) in [5.74, 6) is -0.404. The quantitative estimate of drug-likeness (QED) is 0.0515. The maximum atomic E-state index is 16.3. The first-order valence-corrected chi connectivity index (χ1v) is 21.0. The van der Waals surface area contributed by atoms with Crippen LogP contribution < -0.4 is 0 Å². The fourth-order valence-corrected chi connectivity index (χ4v) is 7.15. The van der Waals surface area contributed by atoms with Gasteiger partial charge in [-0.1, -0.05) is 188 Å². The highest BCUT2D eigenvalue weighted by Gasteiger charge is 2.51. The van der Waals surface area contributed by atoms with Crippen molar-refractivity contribution >= 4 is 5.97 Å². The Kier molecular flexibility index (Phi) is 22.3. The van der Waals surface area contributed by atoms with E-state index in [0.717, 1.165) is 36.0 Å². The Labute approximate surface area is 330 Å². The van der Waals surface area contributed by atoms with E-state index in [1.165, 1.54) is 84.2 Å². The van der Waals surface area contributed by atoms with Crippen LogP contribution in [0.2, 0.25) is 0 Å². The maximum Gasteiger partial charge on any atom is 0.305 e. The number of alkyl halides is 1. The molecule has 0 unspecified atom stereocenters. The zero-order chi connectivity index (χ0) is 38.8. The average molecular weight is 763 g/mol. The number of halogens is 1. The third kappa shape index (κ3) is 17.3. The summed E-state index contributed by atoms with van der Waals surface area (Å²) in [5.41, 5.74) is 2.84. The van der Waals surface area contributed by atoms with Crippen molar-refractivity contribution in [3.63, 3.8) is 0 Å². The second-order valence-electron chi connectivity index (χ2n) is 14.9. The average Bonchev–Trinajstić information content (AvgIpc) is 3.22. The van der Waals surface area contributed by atoms with Crippen molar-refractivity contribution < 1.29 is 37.6 Å². The molecule has 0 amide bonds. The molecule has 0 aromatic heterocycles. The number of hydrogen-bond donors (Lipinski definition) is 0. The lowest BCUT2D eigenvalue weighted by Gasteiger charge is -2.46. The molecule has 1 aliphatic heterocycles. The smallest absolute Gasteiger partial charge is 0.305 e. The molecule has 1 fully saturated rings. The van der Waals surface area contributed by atoms with Gasteiger partial charge in [0.1, 0.15) is 31.0 Å². The van der Waals surface area contributed by atoms with Crippen LogP contribution in [0.25, 0.3) is 0 Å². The van der Waals surface area contributed by atoms with Crippen LogP contribution in [0, 0.1) is 0 Å². The molecule has 0 aliphatic carbocycles. The van der Waals surface area contributed by atoms with Crippen LogP contribution in [-0.2, 0) is 53.0 Å². The number of carbonyl (C=O) groups excluding carboxylic acids is 1. The van der Waals surface area contributed by atoms with E-state index in [-0.39, 0.29) is 26.2 Å². The molecule has 8 heteroatoms. The lowest BCUT2D eigenvalue weighted by atomic mass is 9.95. The van der Waals surface area contributed by atoms with Gasteiger partial charge in [-0.3, -0.25) is 4.79 Å². The second-order valence-corrected chi connectivity index (χ2v) is 14.9. The molecule has 0 saturated carbocycles. The van der Waals surface area contributed by atoms with E-state index in [1.54, 1.807) is 0 Å². The van der Waals surface area contributed by atoms with E-state index >= 15 is 4.39 Å². The zero-order valence-electron chi connectivity index (χ0n) is 33.5. The van der Waals surface area contributed by atoms with Gasteiger partial charge in [-0.15, -0.1) is 0 Å². The molecule has 1 aliphatic rings. The molecule has 1 saturated heterocycles. The third-order valence-corrected chi connectivity index (χ3v) is 10.4. The number of carbonyl (C=O) groups is 1. The first-order chi connectivity index (χ1) is 27.1. The molecule has 3 aromatic carbocycles. The largest absolute Gasteiger partial charge is 0.462 e. The molecule has 0 radical (unpaired) electrons. The summed E-state index contributed by atoms with van der Waals surface area (Å²) in [7, 11) is 1.50. The summed E-state index contributed by atoms with van der Waals surface area (Å²) in [6.45, 7) is 2.53. The summed E-state index contributed by atoms with van der Waals surface area (Å²) >= 11 is 0. The van der Waals surface area contributed by atoms with Crippen LogP contribution in [0.4, 0.5) is 4.39 Å². The monoisotopic (exact) mass is 762 g/mol. The zero-order valence-corrected chi connectivity index (χ0v) is 33.5. The van der Waals surface area contributed by atoms with E-state index in [2.05, 4.69) is 6.92 Å². The van der Waals surface area contributed by atoms with Crippen molar-refractivity contribution in [2.45, 2.75) is 166 Å². The fourth-order valence-electron chi connectivity index (χ4n) is 7.15. The predicted octanol–water partition coefficient (Wildman–Crippen LogP) is 11.3. The third-order valence-electron chi connectivity index (χ3n) is 10.4. The molecule has 304 valence electrons. The number of methoxy groups -OCH3 is 1. The van der Waals surface area contributed by atoms with Gasteiger partial charge >= 0.3 is 5.97 Å². The highest BCUT2D eigenvalue weighted by atomic mass is 19.1. The summed E-state index contributed by atoms with van der Waals surface area (Å²) in [5, 5.41) is 0. The molecular formula is C47H67FO7. The first kappa shape index (κ1) is 44.6. The maximum absolute atomic E-state index is 16.3. The van der Waals surface area contributed by atoms with Crippen LogP contribution in [0.15, 0.2) is 91.0 Å². The van der Waals surface area contributed by atoms with Gasteiger partial charge < -0.3 is 28.4 Å². The molecule has 0 N–H and O–H groups in total. The molecule has 0 bridgehead atoms. The van der Waals surface area contributed by atoms with E-state index in [1.807, 2.05) is 91.0 Å². The Hall–Kier alpha value is -3.14. The van der Waals surface area contributed by atoms with Crippen LogP contribution in [0.3, 0.4) is 0 Å². The minimum Gasteiger partial charge on any atom is -0.462 e. The Balaban J connectivity index is 1.28. The second kappa shape index (κ2) is 27.5. The lowest BCUT2D eigenvalue weighted by molar-refractivity contribution is -0.326. The van der Waals surface area contributed by atoms with E-state index < -0.39 is 49.5 Å². The van der Waals surface area contributed by atoms with Gasteiger partial charge in [0.2, 0.25) is 0 Å². The van der Waals surface area contributed by atoms with E-state index in [9.17, 15) is 4.79 Å². The molecular weight excluding hydrogens is 696 g/mol. The van der Waals surface area contributed by atoms with Crippen molar-refractivity contribution in [1.29, 1.82) is 0 Å². The van der Waals surface area contributed by atoms with Gasteiger partial charge in [0.25, 0.3) is 0 Å². The van der Waals surface area contributed by atoms with Crippen LogP contribution in [-0.4, -0.2) is 56.6 Å². The molecule has 6 atom stereocenters. The summed E-state index contributed by atoms with van der Waals surface area (Å²) in [6.07, 6.45) is 12.8. The minimum absolute atomic E-state index is 0.200. The normalized spacial score (nSPS) is 20.3. The molecule has 55 heavy (non-hydrogen) atoms. The van der Waals surface area contributed by atoms with Crippen molar-refractivity contribution in [2.75, 3.05) is 13.7 Å². The molecule has 1 heterocycles. The number of hydrogen-bond acceptors (Lipinski definition) is 7. The summed E-state index contributed by atoms with van der Waals surface area (Å²) < 4.78 is 53.4. The van der Waals surface area contributed by atoms with Gasteiger partial charge in [0, 0.05) is 13.5 Å². The Morgan fingerprint density at radius 2 is 0.982 bits per heavy atom. The van der Waals surface area contributed by atoms with Gasteiger partial charge in [0.05, 0.1) is 19.8 Å². The minimum atomic E-state index is -1.69. The molecule has 0 spiro atoms. The van der Waals surface area contributed by atoms with Crippen molar-refractivity contribution in [1.82, 2.24) is 0 Å². The van der Waals surface area contributed by atoms with Gasteiger partial charge in [-0.25, -0.2) is 4.39 Å². The van der Waals surface area contributed by atoms with Crippen LogP contribution in [0.5, 0.6) is 0 Å². The number of esters is 1. The van der Waals surface area contributed by atoms with E-state index in [4.69, 9.17) is 28.4 Å². The number of benzene rings is 3. The fraction of sp³-hybridized carbons (Fsp3) is 0.596. The van der Waals surface area contributed by atoms with Crippen molar-refractivity contribution in [2.24, 2.45) is 0 Å². The SMILES string of the molecule is CCCCCCCCCCCCCCCCCC(=O)OC[C@H](F)[C@H]1O[C@H](OC)[C@@H](OCc2ccccc2)[C@@H](OCc2ccccc2)[C@@H]1OCc1ccccc1. The summed E-state index contributed by atoms with van der Waals surface area (Å²) in [6, 6.07) is 29.3. The Morgan fingerprint density at radius 3 is 1.42 bits per heavy atom. The molecule has 3 aromatic rings. The van der Waals surface area contributed by atoms with Gasteiger partial charge in [-0.05, 0) is 23.1 Å². The summed E-state index contributed by atoms with van der Waals surface area (Å²) in [4.78, 5) is 12.7. The highest BCUT2D eigenvalue weighted by Crippen LogP contribution is 2.33. The Bertz CT molecular complexity index is 1380. The highest BCUT2D eigenvalue weighted by molar-refractivity contribution is 5.69. The lowest BCUT2D eigenvalue weighted by Crippen LogP contribution is -2.63. The topological polar surface area (TPSA) is 72.5 Å². The molecule has 4 rings (SSSR count). The van der Waals surface area contributed by atoms with Crippen molar-refractivity contribution in [3.05, 3.63) is 108 Å². The van der Waals surface area contributed by atoms with Gasteiger partial charge in [0.15, 0.2) is 12.5 Å². The standard InChI is InChI=1S/C47H67FO7/c1-3-4-5-6-7-8-9-10-11-12-13-14-15-16-26-33-42(49)51-37-41(48)43-44(52-34-38-27-20-17-21-28-38)45(53-35-39-29-22-18-23-30-39)46(47(50-2)55-43)54-36-40-31-24-19-25-32-40/h17-25,27-32,41,43-47H,3-16,26,33-37H2,1-2H3/t41-,43+,44+,45-,46-,47-/m0/s1. The predicted molar refractivity (Wildman–Crippen MR) is 216 cm³/mol. The number of rotatable bonds is 29. The number of unbranched alkanes of at least 4 members (excludes halogenated alkanes) is 14. The van der Waals surface area contributed by atoms with Gasteiger partial charge in [-0.2, -0.15) is 0 Å². The molecule has 7 nitrogen and oxygen atoms in total. The first-order valence-electron chi connectivity index (χ1n) is 21.0. The number of ether oxygens (including phenoxy) is 6. The Morgan fingerprint density at radius 1 is 0.582 bits per heavy atom. The van der Waals surface area contributed by atoms with Crippen molar-refractivity contribution in [3.8, 4) is 0 Å².